The van der Waals surface area contributed by atoms with Crippen molar-refractivity contribution >= 4 is 17.6 Å². The Morgan fingerprint density at radius 2 is 1.91 bits per heavy atom. The summed E-state index contributed by atoms with van der Waals surface area (Å²) in [5.41, 5.74) is 0. The van der Waals surface area contributed by atoms with Crippen molar-refractivity contribution < 1.29 is 9.90 Å². The Balaban J connectivity index is 2.38. The second kappa shape index (κ2) is 3.96. The summed E-state index contributed by atoms with van der Waals surface area (Å²) in [7, 11) is 0. The normalized spacial score (nSPS) is 23.0. The van der Waals surface area contributed by atoms with Gasteiger partial charge in [-0.05, 0) is 18.8 Å². The average Bonchev–Trinajstić information content (AvgIpc) is 2.05. The largest absolute Gasteiger partial charge is 0.480 e. The number of rotatable bonds is 2. The van der Waals surface area contributed by atoms with Gasteiger partial charge < -0.3 is 5.11 Å². The number of carboxylic acids is 1. The molecule has 2 nitrogen and oxygen atoms in total. The molecule has 1 saturated carbocycles. The third kappa shape index (κ3) is 2.37. The van der Waals surface area contributed by atoms with E-state index >= 15 is 0 Å². The highest BCUT2D eigenvalue weighted by Crippen LogP contribution is 2.29. The van der Waals surface area contributed by atoms with Gasteiger partial charge in [-0.1, -0.05) is 19.3 Å². The Morgan fingerprint density at radius 3 is 2.36 bits per heavy atom. The summed E-state index contributed by atoms with van der Waals surface area (Å²) in [5.74, 6) is -0.651. The number of hydrogen-bond acceptors (Lipinski definition) is 1. The van der Waals surface area contributed by atoms with Crippen molar-refractivity contribution in [2.24, 2.45) is 5.92 Å². The molecule has 11 heavy (non-hydrogen) atoms. The van der Waals surface area contributed by atoms with E-state index in [9.17, 15) is 4.79 Å². The number of aliphatic carboxylic acids is 1. The van der Waals surface area contributed by atoms with Gasteiger partial charge in [-0.3, -0.25) is 4.79 Å². The molecule has 0 aromatic carbocycles. The Kier molecular flexibility index (Phi) is 3.18. The molecular formula is C8H13ClO2. The summed E-state index contributed by atoms with van der Waals surface area (Å²) in [5, 5.41) is 7.95. The molecule has 0 aromatic heterocycles. The fourth-order valence-electron chi connectivity index (χ4n) is 1.63. The van der Waals surface area contributed by atoms with Crippen molar-refractivity contribution in [3.05, 3.63) is 0 Å². The lowest BCUT2D eigenvalue weighted by atomic mass is 9.87. The summed E-state index contributed by atoms with van der Waals surface area (Å²) in [4.78, 5) is 10.5. The first-order valence-electron chi connectivity index (χ1n) is 4.08. The number of carboxylic acid groups (broad SMARTS) is 1. The fraction of sp³-hybridized carbons (Fsp3) is 0.875. The smallest absolute Gasteiger partial charge is 0.321 e. The van der Waals surface area contributed by atoms with E-state index in [0.29, 0.717) is 0 Å². The Morgan fingerprint density at radius 1 is 1.36 bits per heavy atom. The van der Waals surface area contributed by atoms with Crippen LogP contribution in [-0.2, 0) is 4.79 Å². The van der Waals surface area contributed by atoms with E-state index in [0.717, 1.165) is 25.7 Å². The van der Waals surface area contributed by atoms with Crippen LogP contribution < -0.4 is 0 Å². The minimum Gasteiger partial charge on any atom is -0.480 e. The van der Waals surface area contributed by atoms with Gasteiger partial charge in [0.25, 0.3) is 0 Å². The van der Waals surface area contributed by atoms with E-state index in [-0.39, 0.29) is 5.92 Å². The molecule has 0 aliphatic heterocycles. The molecule has 0 heterocycles. The molecule has 1 aliphatic rings. The zero-order chi connectivity index (χ0) is 8.27. The highest BCUT2D eigenvalue weighted by Gasteiger charge is 2.26. The maximum atomic E-state index is 10.5. The summed E-state index contributed by atoms with van der Waals surface area (Å²) in [6, 6.07) is 0. The van der Waals surface area contributed by atoms with Gasteiger partial charge >= 0.3 is 5.97 Å². The number of halogens is 1. The molecule has 0 saturated heterocycles. The summed E-state index contributed by atoms with van der Waals surface area (Å²) in [6.45, 7) is 0. The minimum atomic E-state index is -0.862. The summed E-state index contributed by atoms with van der Waals surface area (Å²) < 4.78 is 0. The van der Waals surface area contributed by atoms with Crippen LogP contribution in [0.4, 0.5) is 0 Å². The summed E-state index contributed by atoms with van der Waals surface area (Å²) >= 11 is 5.69. The van der Waals surface area contributed by atoms with Crippen LogP contribution in [0.15, 0.2) is 0 Å². The molecule has 1 aliphatic carbocycles. The van der Waals surface area contributed by atoms with Crippen LogP contribution >= 0.6 is 11.6 Å². The van der Waals surface area contributed by atoms with Crippen LogP contribution in [0.5, 0.6) is 0 Å². The lowest BCUT2D eigenvalue weighted by Gasteiger charge is -2.23. The zero-order valence-electron chi connectivity index (χ0n) is 6.42. The monoisotopic (exact) mass is 176 g/mol. The lowest BCUT2D eigenvalue weighted by Crippen LogP contribution is -2.25. The zero-order valence-corrected chi connectivity index (χ0v) is 7.18. The van der Waals surface area contributed by atoms with Crippen molar-refractivity contribution in [2.75, 3.05) is 0 Å². The van der Waals surface area contributed by atoms with Crippen LogP contribution in [0.3, 0.4) is 0 Å². The first kappa shape index (κ1) is 8.85. The molecule has 1 atom stereocenters. The van der Waals surface area contributed by atoms with Crippen LogP contribution in [0.25, 0.3) is 0 Å². The SMILES string of the molecule is O=C(O)C(Cl)C1CCCCC1. The standard InChI is InChI=1S/C8H13ClO2/c9-7(8(10)11)6-4-2-1-3-5-6/h6-7H,1-5H2,(H,10,11). The second-order valence-corrected chi connectivity index (χ2v) is 3.61. The second-order valence-electron chi connectivity index (χ2n) is 3.14. The molecule has 0 amide bonds. The number of hydrogen-bond donors (Lipinski definition) is 1. The van der Waals surface area contributed by atoms with E-state index in [1.807, 2.05) is 0 Å². The van der Waals surface area contributed by atoms with Crippen LogP contribution in [0.1, 0.15) is 32.1 Å². The van der Waals surface area contributed by atoms with Crippen molar-refractivity contribution in [1.82, 2.24) is 0 Å². The molecule has 3 heteroatoms. The van der Waals surface area contributed by atoms with E-state index in [1.165, 1.54) is 6.42 Å². The van der Waals surface area contributed by atoms with E-state index in [2.05, 4.69) is 0 Å². The quantitative estimate of drug-likeness (QED) is 0.656. The molecule has 0 bridgehead atoms. The topological polar surface area (TPSA) is 37.3 Å². The van der Waals surface area contributed by atoms with Crippen LogP contribution in [-0.4, -0.2) is 16.5 Å². The Bertz CT molecular complexity index is 141. The third-order valence-corrected chi connectivity index (χ3v) is 2.84. The van der Waals surface area contributed by atoms with Crippen LogP contribution in [0.2, 0.25) is 0 Å². The van der Waals surface area contributed by atoms with Gasteiger partial charge in [-0.25, -0.2) is 0 Å². The fourth-order valence-corrected chi connectivity index (χ4v) is 1.88. The first-order valence-corrected chi connectivity index (χ1v) is 4.52. The van der Waals surface area contributed by atoms with Gasteiger partial charge in [0.05, 0.1) is 0 Å². The van der Waals surface area contributed by atoms with Crippen molar-refractivity contribution in [3.63, 3.8) is 0 Å². The van der Waals surface area contributed by atoms with Crippen molar-refractivity contribution in [3.8, 4) is 0 Å². The maximum absolute atomic E-state index is 10.5. The highest BCUT2D eigenvalue weighted by molar-refractivity contribution is 6.29. The predicted octanol–water partition coefficient (Wildman–Crippen LogP) is 2.26. The van der Waals surface area contributed by atoms with Gasteiger partial charge in [0.1, 0.15) is 5.38 Å². The molecule has 1 unspecified atom stereocenters. The van der Waals surface area contributed by atoms with Crippen molar-refractivity contribution in [2.45, 2.75) is 37.5 Å². The molecule has 1 fully saturated rings. The van der Waals surface area contributed by atoms with Gasteiger partial charge in [0.15, 0.2) is 0 Å². The number of alkyl halides is 1. The van der Waals surface area contributed by atoms with E-state index < -0.39 is 11.3 Å². The summed E-state index contributed by atoms with van der Waals surface area (Å²) in [6.07, 6.45) is 5.49. The van der Waals surface area contributed by atoms with Gasteiger partial charge in [0.2, 0.25) is 0 Å². The highest BCUT2D eigenvalue weighted by atomic mass is 35.5. The van der Waals surface area contributed by atoms with Gasteiger partial charge in [-0.15, -0.1) is 11.6 Å². The molecule has 0 spiro atoms. The molecule has 0 aromatic rings. The van der Waals surface area contributed by atoms with Gasteiger partial charge in [0, 0.05) is 0 Å². The molecule has 1 rings (SSSR count). The molecule has 64 valence electrons. The molecule has 1 N–H and O–H groups in total. The maximum Gasteiger partial charge on any atom is 0.321 e. The molecular weight excluding hydrogens is 164 g/mol. The van der Waals surface area contributed by atoms with E-state index in [4.69, 9.17) is 16.7 Å². The lowest BCUT2D eigenvalue weighted by molar-refractivity contribution is -0.137. The Labute approximate surface area is 71.5 Å². The van der Waals surface area contributed by atoms with E-state index in [1.54, 1.807) is 0 Å². The number of carbonyl (C=O) groups is 1. The van der Waals surface area contributed by atoms with Crippen LogP contribution in [0, 0.1) is 5.92 Å². The first-order chi connectivity index (χ1) is 5.22. The van der Waals surface area contributed by atoms with Crippen molar-refractivity contribution in [1.29, 1.82) is 0 Å². The Hall–Kier alpha value is -0.240. The molecule has 0 radical (unpaired) electrons. The minimum absolute atomic E-state index is 0.211. The third-order valence-electron chi connectivity index (χ3n) is 2.30. The van der Waals surface area contributed by atoms with Gasteiger partial charge in [-0.2, -0.15) is 0 Å². The predicted molar refractivity (Wildman–Crippen MR) is 43.9 cm³/mol. The average molecular weight is 177 g/mol.